The monoisotopic (exact) mass is 420 g/mol. The van der Waals surface area contributed by atoms with Crippen molar-refractivity contribution in [2.75, 3.05) is 5.32 Å². The van der Waals surface area contributed by atoms with E-state index in [4.69, 9.17) is 11.6 Å². The molecule has 1 heterocycles. The third-order valence-electron chi connectivity index (χ3n) is 4.96. The largest absolute Gasteiger partial charge is 0.301 e. The predicted molar refractivity (Wildman–Crippen MR) is 108 cm³/mol. The molecule has 5 nitrogen and oxygen atoms in total. The zero-order valence-corrected chi connectivity index (χ0v) is 16.7. The van der Waals surface area contributed by atoms with E-state index in [2.05, 4.69) is 10.3 Å². The third kappa shape index (κ3) is 3.13. The molecule has 3 aromatic rings. The van der Waals surface area contributed by atoms with Crippen molar-refractivity contribution >= 4 is 54.0 Å². The molecule has 0 radical (unpaired) electrons. The van der Waals surface area contributed by atoms with Crippen LogP contribution in [-0.2, 0) is 14.6 Å². The first-order chi connectivity index (χ1) is 12.9. The molecule has 1 N–H and O–H groups in total. The molecule has 1 fully saturated rings. The maximum atomic E-state index is 13.3. The smallest absolute Gasteiger partial charge is 0.248 e. The van der Waals surface area contributed by atoms with Crippen LogP contribution in [0.25, 0.3) is 10.2 Å². The van der Waals surface area contributed by atoms with Crippen LogP contribution in [0.4, 0.5) is 5.13 Å². The van der Waals surface area contributed by atoms with Crippen LogP contribution in [0, 0.1) is 0 Å². The van der Waals surface area contributed by atoms with Gasteiger partial charge in [-0.2, -0.15) is 0 Å². The lowest BCUT2D eigenvalue weighted by molar-refractivity contribution is -0.118. The van der Waals surface area contributed by atoms with Crippen molar-refractivity contribution in [1.82, 2.24) is 4.98 Å². The maximum absolute atomic E-state index is 13.3. The van der Waals surface area contributed by atoms with Crippen molar-refractivity contribution in [2.45, 2.75) is 35.3 Å². The van der Waals surface area contributed by atoms with Gasteiger partial charge in [-0.3, -0.25) is 4.79 Å². The summed E-state index contributed by atoms with van der Waals surface area (Å²) in [6, 6.07) is 13.5. The molecule has 0 saturated heterocycles. The highest BCUT2D eigenvalue weighted by Crippen LogP contribution is 2.42. The summed E-state index contributed by atoms with van der Waals surface area (Å²) >= 11 is 7.28. The SMILES string of the molecule is O=C(Nc1nc2ccc(Cl)cc2s1)C1(S(=O)(=O)c2ccccc2)CCCC1. The number of carbonyl (C=O) groups is 1. The number of anilines is 1. The van der Waals surface area contributed by atoms with E-state index in [-0.39, 0.29) is 4.90 Å². The summed E-state index contributed by atoms with van der Waals surface area (Å²) in [7, 11) is -3.81. The Labute approximate surface area is 166 Å². The molecule has 27 heavy (non-hydrogen) atoms. The summed E-state index contributed by atoms with van der Waals surface area (Å²) in [5.41, 5.74) is 0.714. The van der Waals surface area contributed by atoms with Gasteiger partial charge < -0.3 is 5.32 Å². The fourth-order valence-corrected chi connectivity index (χ4v) is 6.78. The Morgan fingerprint density at radius 3 is 2.52 bits per heavy atom. The topological polar surface area (TPSA) is 76.1 Å². The molecule has 0 bridgehead atoms. The Morgan fingerprint density at radius 2 is 1.81 bits per heavy atom. The van der Waals surface area contributed by atoms with E-state index >= 15 is 0 Å². The van der Waals surface area contributed by atoms with Crippen LogP contribution in [0.2, 0.25) is 5.02 Å². The molecule has 1 aliphatic carbocycles. The van der Waals surface area contributed by atoms with Gasteiger partial charge in [-0.05, 0) is 43.2 Å². The summed E-state index contributed by atoms with van der Waals surface area (Å²) < 4.78 is 26.0. The van der Waals surface area contributed by atoms with Crippen LogP contribution in [0.3, 0.4) is 0 Å². The summed E-state index contributed by atoms with van der Waals surface area (Å²) in [6.07, 6.45) is 2.03. The van der Waals surface area contributed by atoms with Crippen molar-refractivity contribution < 1.29 is 13.2 Å². The molecule has 0 atom stereocenters. The summed E-state index contributed by atoms with van der Waals surface area (Å²) in [5.74, 6) is -0.506. The lowest BCUT2D eigenvalue weighted by atomic mass is 10.1. The quantitative estimate of drug-likeness (QED) is 0.665. The minimum absolute atomic E-state index is 0.179. The van der Waals surface area contributed by atoms with Gasteiger partial charge in [-0.25, -0.2) is 13.4 Å². The number of benzene rings is 2. The molecule has 8 heteroatoms. The first-order valence-corrected chi connectivity index (χ1v) is 11.3. The highest BCUT2D eigenvalue weighted by molar-refractivity contribution is 7.93. The average molecular weight is 421 g/mol. The molecule has 2 aromatic carbocycles. The normalized spacial score (nSPS) is 16.5. The van der Waals surface area contributed by atoms with Crippen molar-refractivity contribution in [2.24, 2.45) is 0 Å². The maximum Gasteiger partial charge on any atom is 0.248 e. The van der Waals surface area contributed by atoms with Crippen LogP contribution in [0.5, 0.6) is 0 Å². The van der Waals surface area contributed by atoms with Gasteiger partial charge in [0.15, 0.2) is 19.7 Å². The second kappa shape index (κ2) is 6.89. The molecule has 4 rings (SSSR count). The molecule has 0 spiro atoms. The Kier molecular flexibility index (Phi) is 4.70. The molecule has 1 aromatic heterocycles. The standard InChI is InChI=1S/C19H17ClN2O3S2/c20-13-8-9-15-16(12-13)26-18(21-15)22-17(23)19(10-4-5-11-19)27(24,25)14-6-2-1-3-7-14/h1-3,6-9,12H,4-5,10-11H2,(H,21,22,23). The predicted octanol–water partition coefficient (Wildman–Crippen LogP) is 4.67. The number of halogens is 1. The van der Waals surface area contributed by atoms with Crippen molar-refractivity contribution in [3.8, 4) is 0 Å². The van der Waals surface area contributed by atoms with Crippen molar-refractivity contribution in [1.29, 1.82) is 0 Å². The molecule has 1 aliphatic rings. The molecule has 140 valence electrons. The van der Waals surface area contributed by atoms with Crippen LogP contribution in [0.1, 0.15) is 25.7 Å². The summed E-state index contributed by atoms with van der Waals surface area (Å²) in [4.78, 5) is 17.7. The Bertz CT molecular complexity index is 1100. The molecular weight excluding hydrogens is 404 g/mol. The fourth-order valence-electron chi connectivity index (χ4n) is 3.55. The van der Waals surface area contributed by atoms with Gasteiger partial charge in [0, 0.05) is 5.02 Å². The molecule has 0 unspecified atom stereocenters. The zero-order chi connectivity index (χ0) is 19.1. The van der Waals surface area contributed by atoms with Gasteiger partial charge >= 0.3 is 0 Å². The molecular formula is C19H17ClN2O3S2. The van der Waals surface area contributed by atoms with Gasteiger partial charge in [0.1, 0.15) is 0 Å². The molecule has 1 saturated carbocycles. The Balaban J connectivity index is 1.70. The lowest BCUT2D eigenvalue weighted by Crippen LogP contribution is -2.47. The van der Waals surface area contributed by atoms with Crippen molar-refractivity contribution in [3.05, 3.63) is 53.6 Å². The van der Waals surface area contributed by atoms with Crippen LogP contribution in [-0.4, -0.2) is 24.1 Å². The number of thiazole rings is 1. The van der Waals surface area contributed by atoms with E-state index in [0.717, 1.165) is 4.70 Å². The number of sulfone groups is 1. The van der Waals surface area contributed by atoms with E-state index in [1.807, 2.05) is 0 Å². The van der Waals surface area contributed by atoms with Gasteiger partial charge in [-0.1, -0.05) is 54.0 Å². The highest BCUT2D eigenvalue weighted by Gasteiger charge is 2.53. The molecule has 0 aliphatic heterocycles. The van der Waals surface area contributed by atoms with Gasteiger partial charge in [-0.15, -0.1) is 0 Å². The van der Waals surface area contributed by atoms with Crippen molar-refractivity contribution in [3.63, 3.8) is 0 Å². The summed E-state index contributed by atoms with van der Waals surface area (Å²) in [6.45, 7) is 0. The Morgan fingerprint density at radius 1 is 1.11 bits per heavy atom. The van der Waals surface area contributed by atoms with E-state index < -0.39 is 20.5 Å². The Hall–Kier alpha value is -1.96. The molecule has 1 amide bonds. The van der Waals surface area contributed by atoms with Gasteiger partial charge in [0.25, 0.3) is 0 Å². The van der Waals surface area contributed by atoms with Crippen LogP contribution >= 0.6 is 22.9 Å². The first-order valence-electron chi connectivity index (χ1n) is 8.60. The van der Waals surface area contributed by atoms with E-state index in [1.165, 1.54) is 11.3 Å². The number of aromatic nitrogens is 1. The number of amides is 1. The lowest BCUT2D eigenvalue weighted by Gasteiger charge is -2.27. The minimum atomic E-state index is -3.81. The van der Waals surface area contributed by atoms with E-state index in [1.54, 1.807) is 48.5 Å². The number of nitrogens with zero attached hydrogens (tertiary/aromatic N) is 1. The third-order valence-corrected chi connectivity index (χ3v) is 8.65. The van der Waals surface area contributed by atoms with Gasteiger partial charge in [0.05, 0.1) is 15.1 Å². The minimum Gasteiger partial charge on any atom is -0.301 e. The number of hydrogen-bond acceptors (Lipinski definition) is 5. The number of fused-ring (bicyclic) bond motifs is 1. The second-order valence-electron chi connectivity index (χ2n) is 6.60. The number of nitrogens with one attached hydrogen (secondary N) is 1. The fraction of sp³-hybridized carbons (Fsp3) is 0.263. The first kappa shape index (κ1) is 18.4. The van der Waals surface area contributed by atoms with Crippen LogP contribution < -0.4 is 5.32 Å². The van der Waals surface area contributed by atoms with E-state index in [9.17, 15) is 13.2 Å². The van der Waals surface area contributed by atoms with Gasteiger partial charge in [0.2, 0.25) is 5.91 Å². The second-order valence-corrected chi connectivity index (χ2v) is 10.3. The number of rotatable bonds is 4. The van der Waals surface area contributed by atoms with Crippen LogP contribution in [0.15, 0.2) is 53.4 Å². The number of hydrogen-bond donors (Lipinski definition) is 1. The van der Waals surface area contributed by atoms with E-state index in [0.29, 0.717) is 41.4 Å². The number of carbonyl (C=O) groups excluding carboxylic acids is 1. The highest BCUT2D eigenvalue weighted by atomic mass is 35.5. The average Bonchev–Trinajstić information content (AvgIpc) is 3.29. The summed E-state index contributed by atoms with van der Waals surface area (Å²) in [5, 5.41) is 3.72. The zero-order valence-electron chi connectivity index (χ0n) is 14.3.